The highest BCUT2D eigenvalue weighted by Gasteiger charge is 2.12. The molecule has 1 heterocycles. The Morgan fingerprint density at radius 1 is 1.06 bits per heavy atom. The number of hydrogen-bond donors (Lipinski definition) is 0. The summed E-state index contributed by atoms with van der Waals surface area (Å²) in [5.41, 5.74) is 1.97. The van der Waals surface area contributed by atoms with Crippen molar-refractivity contribution in [2.75, 3.05) is 0 Å². The first kappa shape index (κ1) is 11.1. The van der Waals surface area contributed by atoms with Gasteiger partial charge in [-0.1, -0.05) is 41.9 Å². The van der Waals surface area contributed by atoms with E-state index >= 15 is 0 Å². The van der Waals surface area contributed by atoms with Crippen LogP contribution in [0.15, 0.2) is 52.9 Å². The third-order valence-electron chi connectivity index (χ3n) is 2.86. The predicted molar refractivity (Wildman–Crippen MR) is 72.0 cm³/mol. The minimum absolute atomic E-state index is 0.433. The van der Waals surface area contributed by atoms with E-state index in [9.17, 15) is 4.79 Å². The van der Waals surface area contributed by atoms with Crippen LogP contribution in [0.5, 0.6) is 0 Å². The second-order valence-electron chi connectivity index (χ2n) is 3.97. The summed E-state index contributed by atoms with van der Waals surface area (Å²) in [5.74, 6) is 0.654. The number of aldehydes is 1. The summed E-state index contributed by atoms with van der Waals surface area (Å²) in [6.07, 6.45) is 0.755. The topological polar surface area (TPSA) is 30.2 Å². The van der Waals surface area contributed by atoms with Crippen LogP contribution in [0.1, 0.15) is 10.4 Å². The van der Waals surface area contributed by atoms with E-state index in [1.165, 1.54) is 0 Å². The van der Waals surface area contributed by atoms with Crippen molar-refractivity contribution in [3.8, 4) is 11.3 Å². The van der Waals surface area contributed by atoms with Crippen LogP contribution in [-0.4, -0.2) is 6.29 Å². The average molecular weight is 257 g/mol. The lowest BCUT2D eigenvalue weighted by atomic mass is 10.1. The van der Waals surface area contributed by atoms with Crippen LogP contribution < -0.4 is 0 Å². The van der Waals surface area contributed by atoms with Crippen molar-refractivity contribution in [3.63, 3.8) is 0 Å². The second-order valence-corrected chi connectivity index (χ2v) is 4.37. The van der Waals surface area contributed by atoms with Gasteiger partial charge in [0.1, 0.15) is 11.3 Å². The van der Waals surface area contributed by atoms with Gasteiger partial charge >= 0.3 is 0 Å². The molecule has 0 bridgehead atoms. The molecule has 18 heavy (non-hydrogen) atoms. The van der Waals surface area contributed by atoms with Gasteiger partial charge in [-0.25, -0.2) is 0 Å². The molecule has 0 amide bonds. The highest BCUT2D eigenvalue weighted by Crippen LogP contribution is 2.32. The van der Waals surface area contributed by atoms with Crippen molar-refractivity contribution in [2.24, 2.45) is 0 Å². The molecule has 88 valence electrons. The maximum atomic E-state index is 11.1. The van der Waals surface area contributed by atoms with E-state index in [-0.39, 0.29) is 0 Å². The first-order valence-corrected chi connectivity index (χ1v) is 5.90. The molecule has 0 aliphatic rings. The first-order valence-electron chi connectivity index (χ1n) is 5.52. The monoisotopic (exact) mass is 256 g/mol. The van der Waals surface area contributed by atoms with Crippen molar-refractivity contribution in [3.05, 3.63) is 59.1 Å². The van der Waals surface area contributed by atoms with Crippen molar-refractivity contribution in [2.45, 2.75) is 0 Å². The lowest BCUT2D eigenvalue weighted by Crippen LogP contribution is -1.87. The number of para-hydroxylation sites is 1. The molecule has 2 aromatic carbocycles. The maximum Gasteiger partial charge on any atom is 0.152 e. The summed E-state index contributed by atoms with van der Waals surface area (Å²) in [5, 5.41) is 1.44. The van der Waals surface area contributed by atoms with Crippen LogP contribution in [0.2, 0.25) is 5.02 Å². The standard InChI is InChI=1S/C15H9ClO2/c16-13-6-3-5-11(12(13)9-17)15-8-10-4-1-2-7-14(10)18-15/h1-9H. The number of benzene rings is 2. The van der Waals surface area contributed by atoms with Gasteiger partial charge in [-0.15, -0.1) is 0 Å². The molecule has 0 unspecified atom stereocenters. The number of carbonyl (C=O) groups excluding carboxylic acids is 1. The third kappa shape index (κ3) is 1.71. The van der Waals surface area contributed by atoms with E-state index in [4.69, 9.17) is 16.0 Å². The third-order valence-corrected chi connectivity index (χ3v) is 3.19. The molecule has 0 atom stereocenters. The number of fused-ring (bicyclic) bond motifs is 1. The molecule has 0 saturated carbocycles. The minimum atomic E-state index is 0.433. The number of halogens is 1. The summed E-state index contributed by atoms with van der Waals surface area (Å²) < 4.78 is 5.73. The SMILES string of the molecule is O=Cc1c(Cl)cccc1-c1cc2ccccc2o1. The van der Waals surface area contributed by atoms with Crippen molar-refractivity contribution < 1.29 is 9.21 Å². The normalized spacial score (nSPS) is 10.7. The maximum absolute atomic E-state index is 11.1. The quantitative estimate of drug-likeness (QED) is 0.629. The number of furan rings is 1. The molecule has 3 heteroatoms. The Hall–Kier alpha value is -2.06. The van der Waals surface area contributed by atoms with Crippen molar-refractivity contribution >= 4 is 28.9 Å². The van der Waals surface area contributed by atoms with Crippen LogP contribution in [0.4, 0.5) is 0 Å². The molecule has 0 aliphatic heterocycles. The highest BCUT2D eigenvalue weighted by molar-refractivity contribution is 6.33. The minimum Gasteiger partial charge on any atom is -0.456 e. The summed E-state index contributed by atoms with van der Waals surface area (Å²) in [6.45, 7) is 0. The second kappa shape index (κ2) is 4.31. The fourth-order valence-electron chi connectivity index (χ4n) is 1.99. The van der Waals surface area contributed by atoms with E-state index < -0.39 is 0 Å². The first-order chi connectivity index (χ1) is 8.79. The van der Waals surface area contributed by atoms with Crippen LogP contribution in [0.3, 0.4) is 0 Å². The highest BCUT2D eigenvalue weighted by atomic mass is 35.5. The van der Waals surface area contributed by atoms with Gasteiger partial charge in [0, 0.05) is 16.5 Å². The zero-order valence-electron chi connectivity index (χ0n) is 9.39. The van der Waals surface area contributed by atoms with E-state index in [2.05, 4.69) is 0 Å². The van der Waals surface area contributed by atoms with Crippen molar-refractivity contribution in [1.29, 1.82) is 0 Å². The van der Waals surface area contributed by atoms with Gasteiger partial charge in [-0.3, -0.25) is 4.79 Å². The van der Waals surface area contributed by atoms with Crippen molar-refractivity contribution in [1.82, 2.24) is 0 Å². The lowest BCUT2D eigenvalue weighted by molar-refractivity contribution is 0.112. The fraction of sp³-hybridized carbons (Fsp3) is 0. The Balaban J connectivity index is 2.26. The Kier molecular flexibility index (Phi) is 2.65. The molecule has 3 aromatic rings. The molecule has 3 rings (SSSR count). The molecule has 0 radical (unpaired) electrons. The van der Waals surface area contributed by atoms with Crippen LogP contribution in [-0.2, 0) is 0 Å². The molecule has 0 fully saturated rings. The number of rotatable bonds is 2. The Morgan fingerprint density at radius 2 is 1.89 bits per heavy atom. The zero-order valence-corrected chi connectivity index (χ0v) is 10.1. The van der Waals surface area contributed by atoms with Crippen LogP contribution >= 0.6 is 11.6 Å². The summed E-state index contributed by atoms with van der Waals surface area (Å²) in [7, 11) is 0. The summed E-state index contributed by atoms with van der Waals surface area (Å²) in [4.78, 5) is 11.1. The summed E-state index contributed by atoms with van der Waals surface area (Å²) in [6, 6.07) is 14.9. The van der Waals surface area contributed by atoms with Gasteiger partial charge in [0.15, 0.2) is 6.29 Å². The van der Waals surface area contributed by atoms with Gasteiger partial charge in [0.2, 0.25) is 0 Å². The van der Waals surface area contributed by atoms with E-state index in [1.807, 2.05) is 36.4 Å². The Labute approximate surface area is 109 Å². The van der Waals surface area contributed by atoms with Crippen LogP contribution in [0.25, 0.3) is 22.3 Å². The number of hydrogen-bond acceptors (Lipinski definition) is 2. The Morgan fingerprint density at radius 3 is 2.67 bits per heavy atom. The molecule has 0 saturated heterocycles. The largest absolute Gasteiger partial charge is 0.456 e. The predicted octanol–water partition coefficient (Wildman–Crippen LogP) is 4.57. The van der Waals surface area contributed by atoms with E-state index in [0.29, 0.717) is 21.9 Å². The number of carbonyl (C=O) groups is 1. The van der Waals surface area contributed by atoms with Gasteiger partial charge in [0.05, 0.1) is 5.02 Å². The lowest BCUT2D eigenvalue weighted by Gasteiger charge is -2.02. The van der Waals surface area contributed by atoms with Gasteiger partial charge in [-0.2, -0.15) is 0 Å². The van der Waals surface area contributed by atoms with Crippen LogP contribution in [0, 0.1) is 0 Å². The molecular weight excluding hydrogens is 248 g/mol. The molecular formula is C15H9ClO2. The Bertz CT molecular complexity index is 695. The molecule has 0 aliphatic carbocycles. The molecule has 0 spiro atoms. The average Bonchev–Trinajstić information content (AvgIpc) is 2.82. The van der Waals surface area contributed by atoms with Gasteiger partial charge in [0.25, 0.3) is 0 Å². The van der Waals surface area contributed by atoms with E-state index in [0.717, 1.165) is 17.3 Å². The van der Waals surface area contributed by atoms with Gasteiger partial charge < -0.3 is 4.42 Å². The summed E-state index contributed by atoms with van der Waals surface area (Å²) >= 11 is 6.01. The molecule has 0 N–H and O–H groups in total. The van der Waals surface area contributed by atoms with Gasteiger partial charge in [-0.05, 0) is 18.2 Å². The zero-order chi connectivity index (χ0) is 12.5. The molecule has 1 aromatic heterocycles. The molecule has 2 nitrogen and oxygen atoms in total. The smallest absolute Gasteiger partial charge is 0.152 e. The fourth-order valence-corrected chi connectivity index (χ4v) is 2.21. The van der Waals surface area contributed by atoms with E-state index in [1.54, 1.807) is 12.1 Å².